The number of methoxy groups -OCH3 is 1. The van der Waals surface area contributed by atoms with Gasteiger partial charge in [0.2, 0.25) is 5.88 Å². The highest BCUT2D eigenvalue weighted by Gasteiger charge is 2.15. The molecule has 7 nitrogen and oxygen atoms in total. The van der Waals surface area contributed by atoms with Crippen LogP contribution < -0.4 is 9.47 Å². The Bertz CT molecular complexity index is 998. The zero-order valence-corrected chi connectivity index (χ0v) is 15.7. The summed E-state index contributed by atoms with van der Waals surface area (Å²) in [5.41, 5.74) is 0.949. The molecule has 1 N–H and O–H groups in total. The van der Waals surface area contributed by atoms with Crippen molar-refractivity contribution in [3.8, 4) is 17.4 Å². The molecule has 134 valence electrons. The number of hydrogen-bond acceptors (Lipinski definition) is 5. The molecule has 0 unspecified atom stereocenters. The lowest BCUT2D eigenvalue weighted by Crippen LogP contribution is -2.08. The predicted octanol–water partition coefficient (Wildman–Crippen LogP) is 4.34. The van der Waals surface area contributed by atoms with Gasteiger partial charge in [-0.15, -0.1) is 10.2 Å². The van der Waals surface area contributed by atoms with Crippen molar-refractivity contribution in [2.24, 2.45) is 17.3 Å². The van der Waals surface area contributed by atoms with E-state index in [1.54, 1.807) is 49.1 Å². The fourth-order valence-corrected chi connectivity index (χ4v) is 2.85. The van der Waals surface area contributed by atoms with Crippen molar-refractivity contribution in [1.29, 1.82) is 0 Å². The molecule has 0 aliphatic carbocycles. The first-order valence-electron chi connectivity index (χ1n) is 7.68. The van der Waals surface area contributed by atoms with Gasteiger partial charge in [0.1, 0.15) is 11.5 Å². The van der Waals surface area contributed by atoms with Crippen molar-refractivity contribution >= 4 is 38.4 Å². The highest BCUT2D eigenvalue weighted by atomic mass is 79.9. The normalized spacial score (nSPS) is 11.2. The number of aromatic hydroxyl groups is 1. The number of fused-ring (bicyclic) bond motifs is 1. The van der Waals surface area contributed by atoms with Gasteiger partial charge in [-0.25, -0.2) is 0 Å². The van der Waals surface area contributed by atoms with E-state index in [-0.39, 0.29) is 18.2 Å². The van der Waals surface area contributed by atoms with Gasteiger partial charge in [0.15, 0.2) is 12.3 Å². The van der Waals surface area contributed by atoms with E-state index < -0.39 is 5.91 Å². The van der Waals surface area contributed by atoms with Gasteiger partial charge in [0, 0.05) is 12.4 Å². The van der Waals surface area contributed by atoms with Crippen LogP contribution in [0.3, 0.4) is 0 Å². The van der Waals surface area contributed by atoms with Gasteiger partial charge in [-0.3, -0.25) is 4.79 Å². The lowest BCUT2D eigenvalue weighted by atomic mass is 10.2. The molecule has 0 saturated carbocycles. The number of aromatic nitrogens is 1. The lowest BCUT2D eigenvalue weighted by molar-refractivity contribution is -0.120. The Kier molecular flexibility index (Phi) is 5.22. The molecule has 2 aromatic carbocycles. The second kappa shape index (κ2) is 7.57. The van der Waals surface area contributed by atoms with E-state index in [9.17, 15) is 9.90 Å². The fraction of sp³-hybridized carbons (Fsp3) is 0.167. The number of aryl methyl sites for hydroxylation is 1. The SMILES string of the molecule is COc1ccc2c(c1)c(N=NC(=O)COc1ccccc1Br)c(O)n2C. The smallest absolute Gasteiger partial charge is 0.302 e. The second-order valence-corrected chi connectivity index (χ2v) is 6.28. The van der Waals surface area contributed by atoms with Crippen LogP contribution in [-0.4, -0.2) is 29.3 Å². The Hall–Kier alpha value is -2.87. The van der Waals surface area contributed by atoms with Gasteiger partial charge in [-0.1, -0.05) is 12.1 Å². The van der Waals surface area contributed by atoms with Gasteiger partial charge < -0.3 is 19.1 Å². The minimum Gasteiger partial charge on any atom is -0.497 e. The first-order chi connectivity index (χ1) is 12.5. The van der Waals surface area contributed by atoms with Crippen molar-refractivity contribution in [3.05, 3.63) is 46.9 Å². The molecule has 0 spiro atoms. The molecule has 0 fully saturated rings. The van der Waals surface area contributed by atoms with Crippen LogP contribution in [-0.2, 0) is 11.8 Å². The zero-order valence-electron chi connectivity index (χ0n) is 14.1. The zero-order chi connectivity index (χ0) is 18.7. The average Bonchev–Trinajstić information content (AvgIpc) is 2.89. The van der Waals surface area contributed by atoms with E-state index in [0.717, 1.165) is 9.99 Å². The van der Waals surface area contributed by atoms with Crippen LogP contribution in [0.15, 0.2) is 57.2 Å². The third-order valence-corrected chi connectivity index (χ3v) is 4.45. The van der Waals surface area contributed by atoms with E-state index in [0.29, 0.717) is 16.9 Å². The lowest BCUT2D eigenvalue weighted by Gasteiger charge is -2.04. The molecule has 0 aliphatic heterocycles. The molecule has 1 amide bonds. The topological polar surface area (TPSA) is 85.4 Å². The largest absolute Gasteiger partial charge is 0.497 e. The molecule has 1 heterocycles. The van der Waals surface area contributed by atoms with Gasteiger partial charge in [0.25, 0.3) is 0 Å². The molecule has 8 heteroatoms. The number of para-hydroxylation sites is 1. The van der Waals surface area contributed by atoms with Crippen LogP contribution in [0.4, 0.5) is 5.69 Å². The van der Waals surface area contributed by atoms with Crippen LogP contribution in [0.1, 0.15) is 0 Å². The summed E-state index contributed by atoms with van der Waals surface area (Å²) in [5, 5.41) is 18.5. The Labute approximate surface area is 158 Å². The molecule has 0 radical (unpaired) electrons. The van der Waals surface area contributed by atoms with Crippen molar-refractivity contribution in [2.75, 3.05) is 13.7 Å². The summed E-state index contributed by atoms with van der Waals surface area (Å²) in [5.74, 6) is 0.494. The first kappa shape index (κ1) is 17.9. The van der Waals surface area contributed by atoms with Gasteiger partial charge in [-0.2, -0.15) is 0 Å². The quantitative estimate of drug-likeness (QED) is 0.625. The van der Waals surface area contributed by atoms with Gasteiger partial charge in [0.05, 0.1) is 17.1 Å². The van der Waals surface area contributed by atoms with Crippen LogP contribution in [0, 0.1) is 0 Å². The Morgan fingerprint density at radius 3 is 2.77 bits per heavy atom. The third kappa shape index (κ3) is 3.55. The second-order valence-electron chi connectivity index (χ2n) is 5.43. The Morgan fingerprint density at radius 2 is 2.04 bits per heavy atom. The minimum absolute atomic E-state index is 0.0866. The van der Waals surface area contributed by atoms with E-state index >= 15 is 0 Å². The standard InChI is InChI=1S/C18H16BrN3O4/c1-22-14-8-7-11(25-2)9-12(14)17(18(22)24)21-20-16(23)10-26-15-6-4-3-5-13(15)19/h3-9,24H,10H2,1-2H3. The van der Waals surface area contributed by atoms with Crippen molar-refractivity contribution in [3.63, 3.8) is 0 Å². The van der Waals surface area contributed by atoms with Crippen LogP contribution >= 0.6 is 15.9 Å². The molecular formula is C18H16BrN3O4. The Morgan fingerprint density at radius 1 is 1.27 bits per heavy atom. The summed E-state index contributed by atoms with van der Waals surface area (Å²) in [4.78, 5) is 12.0. The van der Waals surface area contributed by atoms with Crippen LogP contribution in [0.25, 0.3) is 10.9 Å². The number of carbonyl (C=O) groups excluding carboxylic acids is 1. The number of rotatable bonds is 5. The van der Waals surface area contributed by atoms with Crippen molar-refractivity contribution < 1.29 is 19.4 Å². The number of ether oxygens (including phenoxy) is 2. The summed E-state index contributed by atoms with van der Waals surface area (Å²) < 4.78 is 12.9. The van der Waals surface area contributed by atoms with E-state index in [2.05, 4.69) is 26.2 Å². The number of azo groups is 1. The Balaban J connectivity index is 1.80. The maximum Gasteiger partial charge on any atom is 0.302 e. The van der Waals surface area contributed by atoms with Gasteiger partial charge >= 0.3 is 5.91 Å². The molecular weight excluding hydrogens is 402 g/mol. The molecule has 0 saturated heterocycles. The van der Waals surface area contributed by atoms with E-state index in [4.69, 9.17) is 9.47 Å². The third-order valence-electron chi connectivity index (χ3n) is 3.80. The molecule has 0 aliphatic rings. The molecule has 0 atom stereocenters. The molecule has 26 heavy (non-hydrogen) atoms. The summed E-state index contributed by atoms with van der Waals surface area (Å²) in [6.45, 7) is -0.263. The maximum absolute atomic E-state index is 12.0. The highest BCUT2D eigenvalue weighted by Crippen LogP contribution is 2.39. The predicted molar refractivity (Wildman–Crippen MR) is 100 cm³/mol. The molecule has 3 aromatic rings. The van der Waals surface area contributed by atoms with Crippen LogP contribution in [0.5, 0.6) is 17.4 Å². The molecule has 3 rings (SSSR count). The number of carbonyl (C=O) groups is 1. The van der Waals surface area contributed by atoms with E-state index in [1.165, 1.54) is 0 Å². The monoisotopic (exact) mass is 417 g/mol. The summed E-state index contributed by atoms with van der Waals surface area (Å²) >= 11 is 3.34. The van der Waals surface area contributed by atoms with Crippen molar-refractivity contribution in [1.82, 2.24) is 4.57 Å². The van der Waals surface area contributed by atoms with E-state index in [1.807, 2.05) is 12.1 Å². The summed E-state index contributed by atoms with van der Waals surface area (Å²) in [6.07, 6.45) is 0. The van der Waals surface area contributed by atoms with Crippen LogP contribution in [0.2, 0.25) is 0 Å². The molecule has 0 bridgehead atoms. The first-order valence-corrected chi connectivity index (χ1v) is 8.48. The fourth-order valence-electron chi connectivity index (χ4n) is 2.45. The molecule has 1 aromatic heterocycles. The number of nitrogens with zero attached hydrogens (tertiary/aromatic N) is 3. The number of amides is 1. The maximum atomic E-state index is 12.0. The average molecular weight is 418 g/mol. The summed E-state index contributed by atoms with van der Waals surface area (Å²) in [7, 11) is 3.24. The number of hydrogen-bond donors (Lipinski definition) is 1. The highest BCUT2D eigenvalue weighted by molar-refractivity contribution is 9.10. The minimum atomic E-state index is -0.569. The van der Waals surface area contributed by atoms with Crippen molar-refractivity contribution in [2.45, 2.75) is 0 Å². The summed E-state index contributed by atoms with van der Waals surface area (Å²) in [6, 6.07) is 12.5. The number of halogens is 1. The number of benzene rings is 2. The van der Waals surface area contributed by atoms with Gasteiger partial charge in [-0.05, 0) is 46.3 Å².